The molecule has 0 spiro atoms. The van der Waals surface area contributed by atoms with Gasteiger partial charge in [-0.3, -0.25) is 0 Å². The van der Waals surface area contributed by atoms with E-state index in [1.54, 1.807) is 0 Å². The quantitative estimate of drug-likeness (QED) is 0.613. The summed E-state index contributed by atoms with van der Waals surface area (Å²) in [6, 6.07) is 0.675. The second-order valence-corrected chi connectivity index (χ2v) is 3.65. The Bertz CT molecular complexity index is 132. The van der Waals surface area contributed by atoms with E-state index < -0.39 is 0 Å². The molecule has 2 fully saturated rings. The van der Waals surface area contributed by atoms with Gasteiger partial charge < -0.3 is 10.1 Å². The largest absolute Gasteiger partial charge is 0.376 e. The first-order chi connectivity index (χ1) is 5.42. The van der Waals surface area contributed by atoms with Crippen LogP contribution in [0.1, 0.15) is 26.2 Å². The van der Waals surface area contributed by atoms with Gasteiger partial charge in [0.2, 0.25) is 0 Å². The SMILES string of the molecule is CCC1OCC2NCCCC21. The minimum absolute atomic E-state index is 0.549. The van der Waals surface area contributed by atoms with E-state index in [-0.39, 0.29) is 0 Å². The Balaban J connectivity index is 1.98. The zero-order chi connectivity index (χ0) is 7.68. The summed E-state index contributed by atoms with van der Waals surface area (Å²) in [5, 5.41) is 3.52. The third-order valence-electron chi connectivity index (χ3n) is 3.01. The van der Waals surface area contributed by atoms with Gasteiger partial charge in [-0.15, -0.1) is 0 Å². The number of hydrogen-bond donors (Lipinski definition) is 1. The number of fused-ring (bicyclic) bond motifs is 1. The normalized spacial score (nSPS) is 43.9. The van der Waals surface area contributed by atoms with Crippen LogP contribution in [-0.2, 0) is 4.74 Å². The molecule has 0 aromatic heterocycles. The van der Waals surface area contributed by atoms with Gasteiger partial charge in [-0.2, -0.15) is 0 Å². The van der Waals surface area contributed by atoms with Gasteiger partial charge in [0.05, 0.1) is 12.7 Å². The maximum absolute atomic E-state index is 5.69. The highest BCUT2D eigenvalue weighted by molar-refractivity contribution is 4.90. The number of nitrogens with one attached hydrogen (secondary N) is 1. The van der Waals surface area contributed by atoms with E-state index in [9.17, 15) is 0 Å². The molecule has 1 N–H and O–H groups in total. The third kappa shape index (κ3) is 1.30. The molecule has 0 radical (unpaired) electrons. The van der Waals surface area contributed by atoms with Crippen LogP contribution in [0.15, 0.2) is 0 Å². The Morgan fingerprint density at radius 2 is 2.45 bits per heavy atom. The van der Waals surface area contributed by atoms with E-state index >= 15 is 0 Å². The van der Waals surface area contributed by atoms with E-state index in [2.05, 4.69) is 12.2 Å². The molecule has 0 amide bonds. The standard InChI is InChI=1S/C9H17NO/c1-2-9-7-4-3-5-10-8(7)6-11-9/h7-10H,2-6H2,1H3. The molecule has 2 heterocycles. The van der Waals surface area contributed by atoms with Gasteiger partial charge in [0, 0.05) is 12.0 Å². The smallest absolute Gasteiger partial charge is 0.0627 e. The minimum Gasteiger partial charge on any atom is -0.376 e. The molecule has 2 rings (SSSR count). The van der Waals surface area contributed by atoms with Crippen molar-refractivity contribution in [3.63, 3.8) is 0 Å². The maximum Gasteiger partial charge on any atom is 0.0627 e. The maximum atomic E-state index is 5.69. The molecule has 2 aliphatic rings. The second kappa shape index (κ2) is 3.11. The predicted octanol–water partition coefficient (Wildman–Crippen LogP) is 1.16. The van der Waals surface area contributed by atoms with Crippen LogP contribution in [0.25, 0.3) is 0 Å². The molecule has 0 saturated carbocycles. The molecule has 0 aliphatic carbocycles. The summed E-state index contributed by atoms with van der Waals surface area (Å²) in [7, 11) is 0. The van der Waals surface area contributed by atoms with Crippen molar-refractivity contribution in [1.82, 2.24) is 5.32 Å². The zero-order valence-corrected chi connectivity index (χ0v) is 7.18. The van der Waals surface area contributed by atoms with Crippen molar-refractivity contribution >= 4 is 0 Å². The predicted molar refractivity (Wildman–Crippen MR) is 44.5 cm³/mol. The van der Waals surface area contributed by atoms with Gasteiger partial charge >= 0.3 is 0 Å². The van der Waals surface area contributed by atoms with E-state index in [4.69, 9.17) is 4.74 Å². The minimum atomic E-state index is 0.549. The Labute approximate surface area is 68.3 Å². The van der Waals surface area contributed by atoms with E-state index in [1.165, 1.54) is 25.8 Å². The number of piperidine rings is 1. The molecule has 0 aromatic rings. The molecular formula is C9H17NO. The monoisotopic (exact) mass is 155 g/mol. The molecule has 11 heavy (non-hydrogen) atoms. The van der Waals surface area contributed by atoms with Gasteiger partial charge in [-0.05, 0) is 25.8 Å². The van der Waals surface area contributed by atoms with Gasteiger partial charge in [0.15, 0.2) is 0 Å². The molecular weight excluding hydrogens is 138 g/mol. The number of ether oxygens (including phenoxy) is 1. The van der Waals surface area contributed by atoms with Crippen LogP contribution in [0.4, 0.5) is 0 Å². The lowest BCUT2D eigenvalue weighted by atomic mass is 9.88. The van der Waals surface area contributed by atoms with Crippen LogP contribution >= 0.6 is 0 Å². The molecule has 64 valence electrons. The van der Waals surface area contributed by atoms with Crippen molar-refractivity contribution in [1.29, 1.82) is 0 Å². The fourth-order valence-corrected chi connectivity index (χ4v) is 2.38. The average Bonchev–Trinajstić information content (AvgIpc) is 2.47. The van der Waals surface area contributed by atoms with Crippen LogP contribution in [0.3, 0.4) is 0 Å². The van der Waals surface area contributed by atoms with E-state index in [0.29, 0.717) is 12.1 Å². The Morgan fingerprint density at radius 1 is 1.55 bits per heavy atom. The first-order valence-corrected chi connectivity index (χ1v) is 4.77. The van der Waals surface area contributed by atoms with Gasteiger partial charge in [-0.1, -0.05) is 6.92 Å². The molecule has 3 atom stereocenters. The Kier molecular flexibility index (Phi) is 2.14. The van der Waals surface area contributed by atoms with Crippen LogP contribution in [0.2, 0.25) is 0 Å². The van der Waals surface area contributed by atoms with Crippen LogP contribution in [-0.4, -0.2) is 25.3 Å². The molecule has 2 saturated heterocycles. The van der Waals surface area contributed by atoms with Gasteiger partial charge in [0.25, 0.3) is 0 Å². The van der Waals surface area contributed by atoms with E-state index in [1.807, 2.05) is 0 Å². The summed E-state index contributed by atoms with van der Waals surface area (Å²) in [5.74, 6) is 0.814. The molecule has 2 aliphatic heterocycles. The Morgan fingerprint density at radius 3 is 3.27 bits per heavy atom. The zero-order valence-electron chi connectivity index (χ0n) is 7.18. The van der Waals surface area contributed by atoms with Crippen molar-refractivity contribution in [2.45, 2.75) is 38.3 Å². The van der Waals surface area contributed by atoms with Crippen LogP contribution in [0, 0.1) is 5.92 Å². The lowest BCUT2D eigenvalue weighted by Crippen LogP contribution is -2.41. The summed E-state index contributed by atoms with van der Waals surface area (Å²) < 4.78 is 5.69. The first kappa shape index (κ1) is 7.56. The van der Waals surface area contributed by atoms with Crippen molar-refractivity contribution < 1.29 is 4.74 Å². The number of hydrogen-bond acceptors (Lipinski definition) is 2. The average molecular weight is 155 g/mol. The third-order valence-corrected chi connectivity index (χ3v) is 3.01. The highest BCUT2D eigenvalue weighted by Crippen LogP contribution is 2.30. The fourth-order valence-electron chi connectivity index (χ4n) is 2.38. The van der Waals surface area contributed by atoms with Crippen molar-refractivity contribution in [2.24, 2.45) is 5.92 Å². The summed E-state index contributed by atoms with van der Waals surface area (Å²) >= 11 is 0. The summed E-state index contributed by atoms with van der Waals surface area (Å²) in [5.41, 5.74) is 0. The van der Waals surface area contributed by atoms with Gasteiger partial charge in [-0.25, -0.2) is 0 Å². The lowest BCUT2D eigenvalue weighted by molar-refractivity contribution is 0.0855. The topological polar surface area (TPSA) is 21.3 Å². The summed E-state index contributed by atoms with van der Waals surface area (Å²) in [4.78, 5) is 0. The second-order valence-electron chi connectivity index (χ2n) is 3.65. The van der Waals surface area contributed by atoms with E-state index in [0.717, 1.165) is 12.5 Å². The molecule has 2 nitrogen and oxygen atoms in total. The molecule has 0 aromatic carbocycles. The molecule has 2 heteroatoms. The molecule has 0 bridgehead atoms. The Hall–Kier alpha value is -0.0800. The summed E-state index contributed by atoms with van der Waals surface area (Å²) in [6.07, 6.45) is 4.44. The highest BCUT2D eigenvalue weighted by Gasteiger charge is 2.36. The van der Waals surface area contributed by atoms with Crippen molar-refractivity contribution in [2.75, 3.05) is 13.2 Å². The highest BCUT2D eigenvalue weighted by atomic mass is 16.5. The summed E-state index contributed by atoms with van der Waals surface area (Å²) in [6.45, 7) is 4.37. The van der Waals surface area contributed by atoms with Gasteiger partial charge in [0.1, 0.15) is 0 Å². The first-order valence-electron chi connectivity index (χ1n) is 4.77. The molecule has 3 unspecified atom stereocenters. The van der Waals surface area contributed by atoms with Crippen molar-refractivity contribution in [3.05, 3.63) is 0 Å². The van der Waals surface area contributed by atoms with Crippen molar-refractivity contribution in [3.8, 4) is 0 Å². The number of rotatable bonds is 1. The lowest BCUT2D eigenvalue weighted by Gasteiger charge is -2.27. The van der Waals surface area contributed by atoms with Crippen LogP contribution in [0.5, 0.6) is 0 Å². The fraction of sp³-hybridized carbons (Fsp3) is 1.00. The van der Waals surface area contributed by atoms with Crippen LogP contribution < -0.4 is 5.32 Å².